The Balaban J connectivity index is 2.16. The van der Waals surface area contributed by atoms with E-state index in [9.17, 15) is 14.4 Å². The van der Waals surface area contributed by atoms with E-state index in [1.165, 1.54) is 19.2 Å². The van der Waals surface area contributed by atoms with Crippen molar-refractivity contribution in [2.24, 2.45) is 0 Å². The van der Waals surface area contributed by atoms with Crippen LogP contribution in [0.3, 0.4) is 0 Å². The monoisotopic (exact) mass is 385 g/mol. The summed E-state index contributed by atoms with van der Waals surface area (Å²) in [6, 6.07) is 8.65. The molecule has 0 radical (unpaired) electrons. The molecule has 0 fully saturated rings. The summed E-state index contributed by atoms with van der Waals surface area (Å²) in [6.45, 7) is 5.90. The third-order valence-electron chi connectivity index (χ3n) is 4.05. The zero-order valence-corrected chi connectivity index (χ0v) is 16.1. The minimum Gasteiger partial charge on any atom is -0.478 e. The molecule has 2 N–H and O–H groups in total. The molecule has 0 spiro atoms. The van der Waals surface area contributed by atoms with Crippen molar-refractivity contribution in [1.82, 2.24) is 10.3 Å². The Labute approximate surface area is 163 Å². The van der Waals surface area contributed by atoms with Crippen molar-refractivity contribution in [3.05, 3.63) is 47.7 Å². The highest BCUT2D eigenvalue weighted by atomic mass is 16.5. The lowest BCUT2D eigenvalue weighted by molar-refractivity contribution is -0.116. The number of hydrogen-bond acceptors (Lipinski definition) is 5. The molecule has 0 aliphatic carbocycles. The van der Waals surface area contributed by atoms with Crippen LogP contribution < -0.4 is 10.2 Å². The molecule has 0 saturated heterocycles. The van der Waals surface area contributed by atoms with Gasteiger partial charge in [-0.1, -0.05) is 6.07 Å². The number of aromatic carboxylic acids is 1. The van der Waals surface area contributed by atoms with E-state index >= 15 is 0 Å². The summed E-state index contributed by atoms with van der Waals surface area (Å²) in [5.74, 6) is -1.18. The summed E-state index contributed by atoms with van der Waals surface area (Å²) in [7, 11) is 0. The maximum Gasteiger partial charge on any atom is 0.407 e. The Morgan fingerprint density at radius 3 is 2.50 bits per heavy atom. The normalized spacial score (nSPS) is 10.2. The number of nitrogens with one attached hydrogen (secondary N) is 1. The van der Waals surface area contributed by atoms with Crippen molar-refractivity contribution in [2.45, 2.75) is 20.8 Å². The molecule has 0 aliphatic heterocycles. The Bertz CT molecular complexity index is 865. The molecule has 1 aromatic heterocycles. The number of anilines is 1. The van der Waals surface area contributed by atoms with Gasteiger partial charge >= 0.3 is 12.1 Å². The fraction of sp³-hybridized carbons (Fsp3) is 0.300. The number of hydrogen-bond donors (Lipinski definition) is 2. The number of ether oxygens (including phenoxy) is 1. The molecule has 0 unspecified atom stereocenters. The molecule has 8 heteroatoms. The second-order valence-corrected chi connectivity index (χ2v) is 6.06. The summed E-state index contributed by atoms with van der Waals surface area (Å²) >= 11 is 0. The molecule has 8 nitrogen and oxygen atoms in total. The van der Waals surface area contributed by atoms with Crippen LogP contribution >= 0.6 is 0 Å². The standard InChI is InChI=1S/C20H23N3O5/c1-4-28-20(27)21-9-10-23(14(3)24)18-8-6-15(11-13(18)2)17-7-5-16(12-22-17)19(25)26/h5-8,11-12H,4,9-10H2,1-3H3,(H,21,27)(H,25,26). The molecule has 0 saturated carbocycles. The Morgan fingerprint density at radius 1 is 1.21 bits per heavy atom. The van der Waals surface area contributed by atoms with Gasteiger partial charge in [-0.2, -0.15) is 0 Å². The molecule has 0 aliphatic rings. The van der Waals surface area contributed by atoms with Crippen molar-refractivity contribution in [3.8, 4) is 11.3 Å². The largest absolute Gasteiger partial charge is 0.478 e. The average Bonchev–Trinajstić information content (AvgIpc) is 2.66. The maximum absolute atomic E-state index is 12.1. The Kier molecular flexibility index (Phi) is 7.08. The minimum atomic E-state index is -1.03. The van der Waals surface area contributed by atoms with Gasteiger partial charge in [-0.05, 0) is 43.7 Å². The van der Waals surface area contributed by atoms with Crippen LogP contribution in [0.5, 0.6) is 0 Å². The predicted octanol–water partition coefficient (Wildman–Crippen LogP) is 2.85. The van der Waals surface area contributed by atoms with Crippen molar-refractivity contribution >= 4 is 23.7 Å². The first-order chi connectivity index (χ1) is 13.3. The van der Waals surface area contributed by atoms with E-state index in [1.54, 1.807) is 17.9 Å². The lowest BCUT2D eigenvalue weighted by atomic mass is 10.0. The van der Waals surface area contributed by atoms with Crippen molar-refractivity contribution in [2.75, 3.05) is 24.6 Å². The van der Waals surface area contributed by atoms with Crippen LogP contribution in [-0.4, -0.2) is 47.8 Å². The van der Waals surface area contributed by atoms with Gasteiger partial charge in [0.25, 0.3) is 0 Å². The number of carboxylic acid groups (broad SMARTS) is 1. The smallest absolute Gasteiger partial charge is 0.407 e. The minimum absolute atomic E-state index is 0.119. The van der Waals surface area contributed by atoms with Crippen LogP contribution in [0.25, 0.3) is 11.3 Å². The van der Waals surface area contributed by atoms with Crippen molar-refractivity contribution in [1.29, 1.82) is 0 Å². The van der Waals surface area contributed by atoms with Gasteiger partial charge in [0.15, 0.2) is 0 Å². The molecule has 28 heavy (non-hydrogen) atoms. The summed E-state index contributed by atoms with van der Waals surface area (Å²) in [5, 5.41) is 11.6. The fourth-order valence-electron chi connectivity index (χ4n) is 2.71. The van der Waals surface area contributed by atoms with Crippen LogP contribution in [0.15, 0.2) is 36.5 Å². The third-order valence-corrected chi connectivity index (χ3v) is 4.05. The van der Waals surface area contributed by atoms with Crippen molar-refractivity contribution < 1.29 is 24.2 Å². The highest BCUT2D eigenvalue weighted by Crippen LogP contribution is 2.26. The topological polar surface area (TPSA) is 109 Å². The molecule has 0 bridgehead atoms. The van der Waals surface area contributed by atoms with Crippen LogP contribution in [0.1, 0.15) is 29.8 Å². The van der Waals surface area contributed by atoms with Crippen LogP contribution in [-0.2, 0) is 9.53 Å². The molecular formula is C20H23N3O5. The number of aryl methyl sites for hydroxylation is 1. The van der Waals surface area contributed by atoms with Gasteiger partial charge in [0.2, 0.25) is 5.91 Å². The molecule has 1 aromatic carbocycles. The lowest BCUT2D eigenvalue weighted by Crippen LogP contribution is -2.38. The molecule has 2 rings (SSSR count). The lowest BCUT2D eigenvalue weighted by Gasteiger charge is -2.23. The average molecular weight is 385 g/mol. The molecule has 0 atom stereocenters. The number of nitrogens with zero attached hydrogens (tertiary/aromatic N) is 2. The Morgan fingerprint density at radius 2 is 1.96 bits per heavy atom. The highest BCUT2D eigenvalue weighted by Gasteiger charge is 2.15. The summed E-state index contributed by atoms with van der Waals surface area (Å²) in [6.07, 6.45) is 0.790. The number of carbonyl (C=O) groups excluding carboxylic acids is 2. The number of pyridine rings is 1. The first kappa shape index (κ1) is 20.9. The SMILES string of the molecule is CCOC(=O)NCCN(C(C)=O)c1ccc(-c2ccc(C(=O)O)cn2)cc1C. The van der Waals surface area contributed by atoms with E-state index < -0.39 is 12.1 Å². The number of carboxylic acids is 1. The first-order valence-corrected chi connectivity index (χ1v) is 8.82. The number of carbonyl (C=O) groups is 3. The van der Waals surface area contributed by atoms with Gasteiger partial charge in [-0.25, -0.2) is 9.59 Å². The van der Waals surface area contributed by atoms with E-state index in [2.05, 4.69) is 10.3 Å². The number of benzene rings is 1. The zero-order valence-electron chi connectivity index (χ0n) is 16.1. The van der Waals surface area contributed by atoms with Gasteiger partial charge in [0.1, 0.15) is 0 Å². The van der Waals surface area contributed by atoms with Gasteiger partial charge in [0, 0.05) is 37.5 Å². The maximum atomic E-state index is 12.1. The third kappa shape index (κ3) is 5.29. The van der Waals surface area contributed by atoms with Gasteiger partial charge < -0.3 is 20.1 Å². The summed E-state index contributed by atoms with van der Waals surface area (Å²) < 4.78 is 4.80. The summed E-state index contributed by atoms with van der Waals surface area (Å²) in [4.78, 5) is 40.2. The van der Waals surface area contributed by atoms with E-state index in [1.807, 2.05) is 25.1 Å². The van der Waals surface area contributed by atoms with E-state index in [4.69, 9.17) is 9.84 Å². The predicted molar refractivity (Wildman–Crippen MR) is 104 cm³/mol. The number of aromatic nitrogens is 1. The second kappa shape index (κ2) is 9.50. The van der Waals surface area contributed by atoms with Gasteiger partial charge in [0.05, 0.1) is 17.9 Å². The van der Waals surface area contributed by atoms with Gasteiger partial charge in [-0.3, -0.25) is 9.78 Å². The van der Waals surface area contributed by atoms with Crippen molar-refractivity contribution in [3.63, 3.8) is 0 Å². The van der Waals surface area contributed by atoms with Crippen LogP contribution in [0, 0.1) is 6.92 Å². The number of alkyl carbamates (subject to hydrolysis) is 1. The second-order valence-electron chi connectivity index (χ2n) is 6.06. The molecule has 2 aromatic rings. The van der Waals surface area contributed by atoms with E-state index in [0.717, 1.165) is 16.8 Å². The molecule has 1 heterocycles. The number of amides is 2. The quantitative estimate of drug-likeness (QED) is 0.759. The molecule has 2 amide bonds. The van der Waals surface area contributed by atoms with Crippen LogP contribution in [0.2, 0.25) is 0 Å². The first-order valence-electron chi connectivity index (χ1n) is 8.82. The van der Waals surface area contributed by atoms with Gasteiger partial charge in [-0.15, -0.1) is 0 Å². The summed E-state index contributed by atoms with van der Waals surface area (Å²) in [5.41, 5.74) is 3.15. The van der Waals surface area contributed by atoms with E-state index in [-0.39, 0.29) is 24.6 Å². The molecule has 148 valence electrons. The fourth-order valence-corrected chi connectivity index (χ4v) is 2.71. The Hall–Kier alpha value is -3.42. The van der Waals surface area contributed by atoms with E-state index in [0.29, 0.717) is 12.2 Å². The number of rotatable bonds is 7. The zero-order chi connectivity index (χ0) is 20.7. The van der Waals surface area contributed by atoms with Crippen LogP contribution in [0.4, 0.5) is 10.5 Å². The highest BCUT2D eigenvalue weighted by molar-refractivity contribution is 5.93. The molecular weight excluding hydrogens is 362 g/mol.